The number of halogens is 3. The van der Waals surface area contributed by atoms with Gasteiger partial charge in [0.05, 0.1) is 11.2 Å². The highest BCUT2D eigenvalue weighted by molar-refractivity contribution is 5.48. The van der Waals surface area contributed by atoms with Gasteiger partial charge in [0.2, 0.25) is 0 Å². The lowest BCUT2D eigenvalue weighted by Crippen LogP contribution is -2.47. The van der Waals surface area contributed by atoms with Crippen LogP contribution in [0.25, 0.3) is 0 Å². The van der Waals surface area contributed by atoms with E-state index in [4.69, 9.17) is 4.74 Å². The molecule has 1 spiro atoms. The van der Waals surface area contributed by atoms with Crippen LogP contribution >= 0.6 is 0 Å². The van der Waals surface area contributed by atoms with Gasteiger partial charge in [-0.3, -0.25) is 4.98 Å². The first kappa shape index (κ1) is 23.5. The summed E-state index contributed by atoms with van der Waals surface area (Å²) in [6.45, 7) is 1.44. The Morgan fingerprint density at radius 2 is 1.94 bits per heavy atom. The third-order valence-electron chi connectivity index (χ3n) is 6.90. The van der Waals surface area contributed by atoms with E-state index in [1.165, 1.54) is 18.9 Å². The van der Waals surface area contributed by atoms with Gasteiger partial charge in [-0.1, -0.05) is 31.0 Å². The summed E-state index contributed by atoms with van der Waals surface area (Å²) in [4.78, 5) is 4.68. The van der Waals surface area contributed by atoms with Crippen LogP contribution in [0, 0.1) is 11.3 Å². The lowest BCUT2D eigenvalue weighted by molar-refractivity contribution is -0.275. The molecule has 2 aliphatic rings. The van der Waals surface area contributed by atoms with Crippen molar-refractivity contribution in [2.45, 2.75) is 68.9 Å². The Hall–Kier alpha value is -2.63. The lowest BCUT2D eigenvalue weighted by Gasteiger charge is -2.46. The number of pyridine rings is 1. The second kappa shape index (κ2) is 9.70. The van der Waals surface area contributed by atoms with Gasteiger partial charge in [-0.05, 0) is 56.8 Å². The third kappa shape index (κ3) is 5.48. The van der Waals surface area contributed by atoms with Gasteiger partial charge in [0, 0.05) is 36.0 Å². The van der Waals surface area contributed by atoms with Crippen LogP contribution in [0.2, 0.25) is 0 Å². The van der Waals surface area contributed by atoms with Crippen LogP contribution in [-0.4, -0.2) is 30.1 Å². The van der Waals surface area contributed by atoms with Crippen LogP contribution in [-0.2, 0) is 16.7 Å². The van der Waals surface area contributed by atoms with Crippen LogP contribution in [0.1, 0.15) is 61.8 Å². The van der Waals surface area contributed by atoms with Crippen molar-refractivity contribution in [2.75, 3.05) is 13.2 Å². The van der Waals surface area contributed by atoms with Crippen LogP contribution in [0.3, 0.4) is 0 Å². The summed E-state index contributed by atoms with van der Waals surface area (Å²) in [5.41, 5.74) is 0.983. The first-order valence-corrected chi connectivity index (χ1v) is 11.4. The van der Waals surface area contributed by atoms with Gasteiger partial charge >= 0.3 is 6.36 Å². The first-order chi connectivity index (χ1) is 15.8. The first-order valence-electron chi connectivity index (χ1n) is 11.4. The maximum absolute atomic E-state index is 12.9. The fourth-order valence-electron chi connectivity index (χ4n) is 5.40. The smallest absolute Gasteiger partial charge is 0.404 e. The number of hydrogen-bond acceptors (Lipinski definition) is 5. The highest BCUT2D eigenvalue weighted by Gasteiger charge is 2.48. The Balaban J connectivity index is 1.48. The maximum Gasteiger partial charge on any atom is 0.573 e. The SMILES string of the molecule is N#Cc1cccc(CNCCC2(c3ccccn3)CCOC3(CCCC3)C2)c1OC(F)(F)F. The third-order valence-corrected chi connectivity index (χ3v) is 6.90. The van der Waals surface area contributed by atoms with Crippen molar-refractivity contribution in [1.82, 2.24) is 10.3 Å². The van der Waals surface area contributed by atoms with Crippen molar-refractivity contribution in [1.29, 1.82) is 5.26 Å². The molecule has 2 fully saturated rings. The summed E-state index contributed by atoms with van der Waals surface area (Å²) in [7, 11) is 0. The van der Waals surface area contributed by atoms with E-state index in [0.29, 0.717) is 18.7 Å². The Bertz CT molecular complexity index is 985. The average Bonchev–Trinajstić information content (AvgIpc) is 3.24. The zero-order chi connectivity index (χ0) is 23.4. The second-order valence-electron chi connectivity index (χ2n) is 9.04. The lowest BCUT2D eigenvalue weighted by atomic mass is 9.68. The van der Waals surface area contributed by atoms with Gasteiger partial charge < -0.3 is 14.8 Å². The van der Waals surface area contributed by atoms with Crippen molar-refractivity contribution < 1.29 is 22.6 Å². The van der Waals surface area contributed by atoms with Gasteiger partial charge in [-0.2, -0.15) is 5.26 Å². The summed E-state index contributed by atoms with van der Waals surface area (Å²) in [5.74, 6) is -0.435. The Morgan fingerprint density at radius 3 is 2.64 bits per heavy atom. The zero-order valence-corrected chi connectivity index (χ0v) is 18.5. The Labute approximate surface area is 191 Å². The number of alkyl halides is 3. The molecule has 176 valence electrons. The molecule has 1 saturated carbocycles. The molecular weight excluding hydrogens is 431 g/mol. The molecule has 1 aliphatic carbocycles. The van der Waals surface area contributed by atoms with Crippen molar-refractivity contribution in [3.63, 3.8) is 0 Å². The molecule has 1 N–H and O–H groups in total. The van der Waals surface area contributed by atoms with E-state index < -0.39 is 12.1 Å². The number of nitriles is 1. The number of para-hydroxylation sites is 1. The van der Waals surface area contributed by atoms with E-state index in [-0.39, 0.29) is 23.1 Å². The molecule has 1 atom stereocenters. The summed E-state index contributed by atoms with van der Waals surface area (Å²) < 4.78 is 49.1. The van der Waals surface area contributed by atoms with Crippen LogP contribution in [0.4, 0.5) is 13.2 Å². The molecule has 33 heavy (non-hydrogen) atoms. The van der Waals surface area contributed by atoms with Crippen LogP contribution in [0.15, 0.2) is 42.6 Å². The molecule has 2 heterocycles. The zero-order valence-electron chi connectivity index (χ0n) is 18.5. The Kier molecular flexibility index (Phi) is 6.91. The predicted molar refractivity (Wildman–Crippen MR) is 116 cm³/mol. The largest absolute Gasteiger partial charge is 0.573 e. The van der Waals surface area contributed by atoms with E-state index in [1.807, 2.05) is 18.3 Å². The van der Waals surface area contributed by atoms with Gasteiger partial charge in [-0.25, -0.2) is 0 Å². The topological polar surface area (TPSA) is 67.2 Å². The molecule has 5 nitrogen and oxygen atoms in total. The molecule has 0 bridgehead atoms. The van der Waals surface area contributed by atoms with Gasteiger partial charge in [0.25, 0.3) is 0 Å². The van der Waals surface area contributed by atoms with Crippen molar-refractivity contribution in [2.24, 2.45) is 0 Å². The monoisotopic (exact) mass is 459 g/mol. The predicted octanol–water partition coefficient (Wildman–Crippen LogP) is 5.39. The molecule has 1 aromatic heterocycles. The summed E-state index contributed by atoms with van der Waals surface area (Å²) in [6, 6.07) is 12.2. The highest BCUT2D eigenvalue weighted by Crippen LogP contribution is 2.49. The molecule has 2 aromatic rings. The number of nitrogens with one attached hydrogen (secondary N) is 1. The fraction of sp³-hybridized carbons (Fsp3) is 0.520. The number of aromatic nitrogens is 1. The Morgan fingerprint density at radius 1 is 1.12 bits per heavy atom. The molecule has 0 radical (unpaired) electrons. The molecule has 1 saturated heterocycles. The summed E-state index contributed by atoms with van der Waals surface area (Å²) in [5, 5.41) is 12.5. The number of benzene rings is 1. The number of rotatable bonds is 7. The fourth-order valence-corrected chi connectivity index (χ4v) is 5.40. The van der Waals surface area contributed by atoms with Gasteiger partial charge in [0.15, 0.2) is 5.75 Å². The van der Waals surface area contributed by atoms with Crippen LogP contribution < -0.4 is 10.1 Å². The minimum absolute atomic E-state index is 0.0926. The molecule has 1 aliphatic heterocycles. The average molecular weight is 460 g/mol. The van der Waals surface area contributed by atoms with E-state index >= 15 is 0 Å². The minimum atomic E-state index is -4.86. The van der Waals surface area contributed by atoms with E-state index in [0.717, 1.165) is 37.8 Å². The maximum atomic E-state index is 12.9. The standard InChI is InChI=1S/C25H28F3N3O2/c26-25(27,28)33-22-19(16-29)6-5-7-20(22)17-30-14-11-23(21-8-1-4-13-31-21)12-15-32-24(18-23)9-2-3-10-24/h1,4-8,13,30H,2-3,9-12,14-15,17-18H2. The summed E-state index contributed by atoms with van der Waals surface area (Å²) >= 11 is 0. The normalized spacial score (nSPS) is 22.2. The van der Waals surface area contributed by atoms with Crippen molar-refractivity contribution in [3.8, 4) is 11.8 Å². The van der Waals surface area contributed by atoms with Crippen molar-refractivity contribution >= 4 is 0 Å². The summed E-state index contributed by atoms with van der Waals surface area (Å²) in [6.07, 6.45) is 4.00. The number of nitrogens with zero attached hydrogens (tertiary/aromatic N) is 2. The van der Waals surface area contributed by atoms with E-state index in [2.05, 4.69) is 21.1 Å². The quantitative estimate of drug-likeness (QED) is 0.562. The van der Waals surface area contributed by atoms with Gasteiger partial charge in [0.1, 0.15) is 6.07 Å². The number of ether oxygens (including phenoxy) is 2. The molecule has 4 rings (SSSR count). The van der Waals surface area contributed by atoms with Gasteiger partial charge in [-0.15, -0.1) is 13.2 Å². The molecule has 8 heteroatoms. The molecule has 1 aromatic carbocycles. The van der Waals surface area contributed by atoms with E-state index in [9.17, 15) is 18.4 Å². The van der Waals surface area contributed by atoms with E-state index in [1.54, 1.807) is 18.2 Å². The van der Waals surface area contributed by atoms with Crippen molar-refractivity contribution in [3.05, 3.63) is 59.4 Å². The van der Waals surface area contributed by atoms with Crippen LogP contribution in [0.5, 0.6) is 5.75 Å². The minimum Gasteiger partial charge on any atom is -0.404 e. The second-order valence-corrected chi connectivity index (χ2v) is 9.04. The molecule has 0 amide bonds. The molecule has 1 unspecified atom stereocenters. The number of hydrogen-bond donors (Lipinski definition) is 1. The highest BCUT2D eigenvalue weighted by atomic mass is 19.4. The molecular formula is C25H28F3N3O2.